The summed E-state index contributed by atoms with van der Waals surface area (Å²) >= 11 is 5.24. The Balaban J connectivity index is 1.23. The van der Waals surface area contributed by atoms with Gasteiger partial charge in [0.15, 0.2) is 6.61 Å². The Morgan fingerprint density at radius 2 is 1.87 bits per heavy atom. The number of nitrogens with one attached hydrogen (secondary N) is 1. The van der Waals surface area contributed by atoms with Gasteiger partial charge in [0.1, 0.15) is 5.00 Å². The Morgan fingerprint density at radius 1 is 1.16 bits per heavy atom. The summed E-state index contributed by atoms with van der Waals surface area (Å²) in [6, 6.07) is 0. The minimum absolute atomic E-state index is 0.0586. The lowest BCUT2D eigenvalue weighted by molar-refractivity contribution is -0.170. The SMILES string of the molecule is CCOC(=O)c1c(C2CC2)csc1NC(=O)COC(=O)C12C[C@H]3C[C@@H](CC(Br)(C3)C1)C2. The van der Waals surface area contributed by atoms with E-state index in [9.17, 15) is 14.4 Å². The van der Waals surface area contributed by atoms with E-state index in [1.165, 1.54) is 17.8 Å². The number of rotatable bonds is 7. The van der Waals surface area contributed by atoms with Gasteiger partial charge in [-0.1, -0.05) is 15.9 Å². The monoisotopic (exact) mass is 509 g/mol. The number of hydrogen-bond donors (Lipinski definition) is 1. The number of amides is 1. The molecule has 0 aliphatic heterocycles. The molecule has 0 aromatic carbocycles. The van der Waals surface area contributed by atoms with Crippen molar-refractivity contribution in [3.8, 4) is 0 Å². The summed E-state index contributed by atoms with van der Waals surface area (Å²) in [6.07, 6.45) is 8.13. The standard InChI is InChI=1S/C23H28BrNO5S/c1-2-29-20(27)18-16(15-3-4-15)11-31-19(18)25-17(26)10-30-21(28)22-6-13-5-14(7-22)9-23(24,8-13)12-22/h11,13-15H,2-10,12H2,1H3,(H,25,26)/t13-,14-,22?,23?/m1/s1. The van der Waals surface area contributed by atoms with Crippen LogP contribution in [0.3, 0.4) is 0 Å². The van der Waals surface area contributed by atoms with E-state index in [1.807, 2.05) is 5.38 Å². The number of hydrogen-bond acceptors (Lipinski definition) is 6. The lowest BCUT2D eigenvalue weighted by Crippen LogP contribution is -2.56. The number of ether oxygens (including phenoxy) is 2. The van der Waals surface area contributed by atoms with Crippen molar-refractivity contribution in [3.63, 3.8) is 0 Å². The van der Waals surface area contributed by atoms with Crippen molar-refractivity contribution in [2.75, 3.05) is 18.5 Å². The van der Waals surface area contributed by atoms with Crippen LogP contribution in [-0.4, -0.2) is 35.4 Å². The number of anilines is 1. The number of thiophene rings is 1. The molecule has 1 N–H and O–H groups in total. The first kappa shape index (κ1) is 21.4. The van der Waals surface area contributed by atoms with Crippen molar-refractivity contribution in [1.29, 1.82) is 0 Å². The molecule has 31 heavy (non-hydrogen) atoms. The van der Waals surface area contributed by atoms with Gasteiger partial charge < -0.3 is 14.8 Å². The second-order valence-electron chi connectivity index (χ2n) is 9.91. The molecule has 1 aromatic heterocycles. The molecule has 5 aliphatic carbocycles. The molecule has 0 radical (unpaired) electrons. The zero-order chi connectivity index (χ0) is 21.8. The van der Waals surface area contributed by atoms with Crippen LogP contribution in [0.5, 0.6) is 0 Å². The first-order valence-electron chi connectivity index (χ1n) is 11.3. The van der Waals surface area contributed by atoms with E-state index < -0.39 is 17.3 Å². The topological polar surface area (TPSA) is 81.7 Å². The fourth-order valence-corrected chi connectivity index (χ4v) is 8.91. The molecular formula is C23H28BrNO5S. The predicted octanol–water partition coefficient (Wildman–Crippen LogP) is 5.02. The van der Waals surface area contributed by atoms with Crippen LogP contribution in [0.15, 0.2) is 5.38 Å². The minimum atomic E-state index is -0.452. The van der Waals surface area contributed by atoms with Gasteiger partial charge in [0.05, 0.1) is 17.6 Å². The highest BCUT2D eigenvalue weighted by Gasteiger charge is 2.60. The van der Waals surface area contributed by atoms with Crippen molar-refractivity contribution >= 4 is 50.1 Å². The van der Waals surface area contributed by atoms with E-state index in [1.54, 1.807) is 6.92 Å². The van der Waals surface area contributed by atoms with E-state index in [0.717, 1.165) is 50.5 Å². The molecule has 1 heterocycles. The first-order valence-corrected chi connectivity index (χ1v) is 12.9. The largest absolute Gasteiger partial charge is 0.462 e. The molecule has 8 heteroatoms. The quantitative estimate of drug-likeness (QED) is 0.412. The molecule has 6 rings (SSSR count). The maximum atomic E-state index is 13.1. The highest BCUT2D eigenvalue weighted by molar-refractivity contribution is 9.10. The zero-order valence-corrected chi connectivity index (χ0v) is 20.1. The van der Waals surface area contributed by atoms with E-state index in [0.29, 0.717) is 28.3 Å². The van der Waals surface area contributed by atoms with Crippen molar-refractivity contribution < 1.29 is 23.9 Å². The van der Waals surface area contributed by atoms with Crippen LogP contribution >= 0.6 is 27.3 Å². The smallest absolute Gasteiger partial charge is 0.341 e. The molecule has 0 unspecified atom stereocenters. The summed E-state index contributed by atoms with van der Waals surface area (Å²) in [5.74, 6) is 0.445. The number of esters is 2. The summed E-state index contributed by atoms with van der Waals surface area (Å²) in [4.78, 5) is 38.1. The first-order chi connectivity index (χ1) is 14.8. The van der Waals surface area contributed by atoms with Gasteiger partial charge in [-0.3, -0.25) is 9.59 Å². The molecular weight excluding hydrogens is 482 g/mol. The summed E-state index contributed by atoms with van der Waals surface area (Å²) in [5.41, 5.74) is 0.953. The Hall–Kier alpha value is -1.41. The van der Waals surface area contributed by atoms with E-state index in [-0.39, 0.29) is 23.5 Å². The molecule has 5 fully saturated rings. The molecule has 0 spiro atoms. The van der Waals surface area contributed by atoms with Gasteiger partial charge in [0.2, 0.25) is 0 Å². The average Bonchev–Trinajstić information content (AvgIpc) is 3.45. The van der Waals surface area contributed by atoms with Crippen LogP contribution < -0.4 is 5.32 Å². The molecule has 4 bridgehead atoms. The third-order valence-electron chi connectivity index (χ3n) is 7.33. The second kappa shape index (κ2) is 7.87. The van der Waals surface area contributed by atoms with Crippen LogP contribution in [0.4, 0.5) is 5.00 Å². The zero-order valence-electron chi connectivity index (χ0n) is 17.7. The van der Waals surface area contributed by atoms with Gasteiger partial charge in [0.25, 0.3) is 5.91 Å². The van der Waals surface area contributed by atoms with Gasteiger partial charge in [-0.25, -0.2) is 4.79 Å². The highest BCUT2D eigenvalue weighted by atomic mass is 79.9. The second-order valence-corrected chi connectivity index (χ2v) is 12.5. The maximum absolute atomic E-state index is 13.1. The van der Waals surface area contributed by atoms with Crippen LogP contribution in [0.25, 0.3) is 0 Å². The van der Waals surface area contributed by atoms with E-state index in [4.69, 9.17) is 9.47 Å². The number of alkyl halides is 1. The average molecular weight is 510 g/mol. The minimum Gasteiger partial charge on any atom is -0.462 e. The molecule has 0 saturated heterocycles. The third-order valence-corrected chi connectivity index (χ3v) is 9.17. The summed E-state index contributed by atoms with van der Waals surface area (Å²) in [5, 5.41) is 5.19. The Labute approximate surface area is 194 Å². The molecule has 6 nitrogen and oxygen atoms in total. The molecule has 1 amide bonds. The number of carbonyl (C=O) groups is 3. The van der Waals surface area contributed by atoms with Gasteiger partial charge in [0, 0.05) is 4.32 Å². The van der Waals surface area contributed by atoms with Gasteiger partial charge in [-0.15, -0.1) is 11.3 Å². The fourth-order valence-electron chi connectivity index (χ4n) is 6.41. The molecule has 1 aromatic rings. The van der Waals surface area contributed by atoms with Crippen LogP contribution in [-0.2, 0) is 19.1 Å². The van der Waals surface area contributed by atoms with Gasteiger partial charge in [-0.05, 0) is 87.0 Å². The fraction of sp³-hybridized carbons (Fsp3) is 0.696. The lowest BCUT2D eigenvalue weighted by atomic mass is 9.49. The van der Waals surface area contributed by atoms with Crippen molar-refractivity contribution in [2.45, 2.75) is 68.5 Å². The predicted molar refractivity (Wildman–Crippen MR) is 121 cm³/mol. The molecule has 5 saturated carbocycles. The molecule has 2 atom stereocenters. The Bertz CT molecular complexity index is 909. The normalized spacial score (nSPS) is 33.2. The maximum Gasteiger partial charge on any atom is 0.341 e. The van der Waals surface area contributed by atoms with E-state index >= 15 is 0 Å². The lowest BCUT2D eigenvalue weighted by Gasteiger charge is -2.58. The van der Waals surface area contributed by atoms with Crippen LogP contribution in [0.2, 0.25) is 0 Å². The van der Waals surface area contributed by atoms with Crippen molar-refractivity contribution in [3.05, 3.63) is 16.5 Å². The Kier molecular flexibility index (Phi) is 5.44. The van der Waals surface area contributed by atoms with Crippen molar-refractivity contribution in [2.24, 2.45) is 17.3 Å². The van der Waals surface area contributed by atoms with Crippen molar-refractivity contribution in [1.82, 2.24) is 0 Å². The number of carbonyl (C=O) groups excluding carboxylic acids is 3. The van der Waals surface area contributed by atoms with Crippen LogP contribution in [0.1, 0.15) is 80.1 Å². The summed E-state index contributed by atoms with van der Waals surface area (Å²) in [6.45, 7) is 1.72. The Morgan fingerprint density at radius 3 is 2.48 bits per heavy atom. The third kappa shape index (κ3) is 4.06. The molecule has 5 aliphatic rings. The van der Waals surface area contributed by atoms with Gasteiger partial charge in [-0.2, -0.15) is 0 Å². The number of halogens is 1. The summed E-state index contributed by atoms with van der Waals surface area (Å²) in [7, 11) is 0. The highest BCUT2D eigenvalue weighted by Crippen LogP contribution is 2.64. The van der Waals surface area contributed by atoms with Crippen LogP contribution in [0, 0.1) is 17.3 Å². The molecule has 168 valence electrons. The van der Waals surface area contributed by atoms with E-state index in [2.05, 4.69) is 21.2 Å². The summed E-state index contributed by atoms with van der Waals surface area (Å²) < 4.78 is 10.8. The van der Waals surface area contributed by atoms with Gasteiger partial charge >= 0.3 is 11.9 Å².